The molecule has 98 valence electrons. The van der Waals surface area contributed by atoms with E-state index >= 15 is 0 Å². The molecule has 1 aliphatic carbocycles. The number of nitrogens with one attached hydrogen (secondary N) is 1. The first-order chi connectivity index (χ1) is 8.90. The van der Waals surface area contributed by atoms with Gasteiger partial charge in [-0.25, -0.2) is 0 Å². The lowest BCUT2D eigenvalue weighted by molar-refractivity contribution is 0.305. The lowest BCUT2D eigenvalue weighted by Crippen LogP contribution is -2.17. The largest absolute Gasteiger partial charge is 0.493 e. The third-order valence-electron chi connectivity index (χ3n) is 3.10. The molecule has 0 saturated heterocycles. The number of unbranched alkanes of at least 4 members (excludes halogenated alkanes) is 1. The molecule has 1 fully saturated rings. The summed E-state index contributed by atoms with van der Waals surface area (Å²) in [5.41, 5.74) is 1.16. The van der Waals surface area contributed by atoms with Gasteiger partial charge in [-0.1, -0.05) is 30.4 Å². The van der Waals surface area contributed by atoms with Crippen LogP contribution < -0.4 is 10.1 Å². The number of hydrogen-bond acceptors (Lipinski definition) is 2. The van der Waals surface area contributed by atoms with Gasteiger partial charge in [0.15, 0.2) is 0 Å². The van der Waals surface area contributed by atoms with Crippen LogP contribution in [0.25, 0.3) is 6.08 Å². The summed E-state index contributed by atoms with van der Waals surface area (Å²) in [6.45, 7) is 3.96. The van der Waals surface area contributed by atoms with Crippen LogP contribution >= 0.6 is 0 Å². The van der Waals surface area contributed by atoms with Crippen molar-refractivity contribution in [3.8, 4) is 5.75 Å². The minimum absolute atomic E-state index is 0.806. The van der Waals surface area contributed by atoms with Gasteiger partial charge in [0.25, 0.3) is 0 Å². The summed E-state index contributed by atoms with van der Waals surface area (Å²) in [7, 11) is 0. The van der Waals surface area contributed by atoms with Gasteiger partial charge < -0.3 is 10.1 Å². The van der Waals surface area contributed by atoms with Crippen molar-refractivity contribution in [2.45, 2.75) is 38.6 Å². The SMILES string of the molecule is CC=Cc1ccccc1OCCCCNC1CC1. The Hall–Kier alpha value is -1.28. The van der Waals surface area contributed by atoms with Gasteiger partial charge in [0.05, 0.1) is 6.61 Å². The Balaban J connectivity index is 1.65. The highest BCUT2D eigenvalue weighted by Gasteiger charge is 2.19. The number of ether oxygens (including phenoxy) is 1. The van der Waals surface area contributed by atoms with Crippen LogP contribution in [0, 0.1) is 0 Å². The first-order valence-corrected chi connectivity index (χ1v) is 6.98. The lowest BCUT2D eigenvalue weighted by atomic mass is 10.2. The van der Waals surface area contributed by atoms with Gasteiger partial charge in [0.1, 0.15) is 5.75 Å². The zero-order valence-corrected chi connectivity index (χ0v) is 11.2. The molecule has 0 aliphatic heterocycles. The number of hydrogen-bond donors (Lipinski definition) is 1. The van der Waals surface area contributed by atoms with E-state index in [-0.39, 0.29) is 0 Å². The molecule has 2 heteroatoms. The molecule has 0 radical (unpaired) electrons. The van der Waals surface area contributed by atoms with E-state index in [1.54, 1.807) is 0 Å². The molecule has 1 aromatic rings. The zero-order valence-electron chi connectivity index (χ0n) is 11.2. The molecular weight excluding hydrogens is 222 g/mol. The Morgan fingerprint density at radius 1 is 1.28 bits per heavy atom. The number of allylic oxidation sites excluding steroid dienone is 1. The topological polar surface area (TPSA) is 21.3 Å². The second-order valence-corrected chi connectivity index (χ2v) is 4.82. The molecule has 0 heterocycles. The van der Waals surface area contributed by atoms with Crippen LogP contribution in [0.4, 0.5) is 0 Å². The minimum atomic E-state index is 0.806. The van der Waals surface area contributed by atoms with Crippen LogP contribution in [0.1, 0.15) is 38.2 Å². The Labute approximate surface area is 110 Å². The molecule has 0 amide bonds. The first-order valence-electron chi connectivity index (χ1n) is 6.98. The van der Waals surface area contributed by atoms with E-state index in [2.05, 4.69) is 17.5 Å². The fourth-order valence-corrected chi connectivity index (χ4v) is 1.93. The standard InChI is InChI=1S/C16H23NO/c1-2-7-14-8-3-4-9-16(14)18-13-6-5-12-17-15-10-11-15/h2-4,7-9,15,17H,5-6,10-13H2,1H3. The van der Waals surface area contributed by atoms with Gasteiger partial charge in [-0.2, -0.15) is 0 Å². The first kappa shape index (κ1) is 13.2. The summed E-state index contributed by atoms with van der Waals surface area (Å²) < 4.78 is 5.83. The molecule has 0 unspecified atom stereocenters. The second-order valence-electron chi connectivity index (χ2n) is 4.82. The molecule has 0 atom stereocenters. The summed E-state index contributed by atoms with van der Waals surface area (Å²) in [4.78, 5) is 0. The van der Waals surface area contributed by atoms with Crippen molar-refractivity contribution in [3.63, 3.8) is 0 Å². The highest BCUT2D eigenvalue weighted by atomic mass is 16.5. The van der Waals surface area contributed by atoms with Gasteiger partial charge in [0.2, 0.25) is 0 Å². The molecular formula is C16H23NO. The molecule has 1 aromatic carbocycles. The summed E-state index contributed by atoms with van der Waals surface area (Å²) in [6, 6.07) is 9.02. The van der Waals surface area contributed by atoms with Gasteiger partial charge >= 0.3 is 0 Å². The fraction of sp³-hybridized carbons (Fsp3) is 0.500. The molecule has 1 N–H and O–H groups in total. The maximum atomic E-state index is 5.83. The van der Waals surface area contributed by atoms with E-state index in [4.69, 9.17) is 4.74 Å². The van der Waals surface area contributed by atoms with Crippen molar-refractivity contribution in [3.05, 3.63) is 35.9 Å². The Morgan fingerprint density at radius 3 is 2.89 bits per heavy atom. The summed E-state index contributed by atoms with van der Waals surface area (Å²) in [5.74, 6) is 0.991. The number of benzene rings is 1. The van der Waals surface area contributed by atoms with Gasteiger partial charge in [-0.05, 0) is 45.2 Å². The van der Waals surface area contributed by atoms with Crippen LogP contribution in [-0.4, -0.2) is 19.2 Å². The predicted octanol–water partition coefficient (Wildman–Crippen LogP) is 3.63. The molecule has 0 aromatic heterocycles. The third-order valence-corrected chi connectivity index (χ3v) is 3.10. The average Bonchev–Trinajstić information content (AvgIpc) is 3.20. The summed E-state index contributed by atoms with van der Waals surface area (Å²) >= 11 is 0. The van der Waals surface area contributed by atoms with Crippen LogP contribution in [0.2, 0.25) is 0 Å². The average molecular weight is 245 g/mol. The summed E-state index contributed by atoms with van der Waals surface area (Å²) in [5, 5.41) is 3.52. The minimum Gasteiger partial charge on any atom is -0.493 e. The maximum Gasteiger partial charge on any atom is 0.126 e. The van der Waals surface area contributed by atoms with E-state index in [0.717, 1.165) is 36.9 Å². The van der Waals surface area contributed by atoms with Crippen molar-refractivity contribution < 1.29 is 4.74 Å². The second kappa shape index (κ2) is 7.22. The molecule has 1 aliphatic rings. The molecule has 0 spiro atoms. The maximum absolute atomic E-state index is 5.83. The van der Waals surface area contributed by atoms with Crippen LogP contribution in [0.5, 0.6) is 5.75 Å². The highest BCUT2D eigenvalue weighted by Crippen LogP contribution is 2.20. The Bertz CT molecular complexity index is 382. The molecule has 2 rings (SSSR count). The van der Waals surface area contributed by atoms with Gasteiger partial charge in [-0.15, -0.1) is 0 Å². The monoisotopic (exact) mass is 245 g/mol. The van der Waals surface area contributed by atoms with Crippen LogP contribution in [-0.2, 0) is 0 Å². The molecule has 1 saturated carbocycles. The van der Waals surface area contributed by atoms with Gasteiger partial charge in [0, 0.05) is 11.6 Å². The Kier molecular flexibility index (Phi) is 5.28. The highest BCUT2D eigenvalue weighted by molar-refractivity contribution is 5.56. The van der Waals surface area contributed by atoms with Crippen molar-refractivity contribution in [1.29, 1.82) is 0 Å². The summed E-state index contributed by atoms with van der Waals surface area (Å²) in [6.07, 6.45) is 9.18. The van der Waals surface area contributed by atoms with E-state index in [1.807, 2.05) is 31.2 Å². The van der Waals surface area contributed by atoms with E-state index in [9.17, 15) is 0 Å². The fourth-order valence-electron chi connectivity index (χ4n) is 1.93. The lowest BCUT2D eigenvalue weighted by Gasteiger charge is -2.09. The van der Waals surface area contributed by atoms with Crippen molar-refractivity contribution in [2.75, 3.05) is 13.2 Å². The van der Waals surface area contributed by atoms with E-state index in [0.29, 0.717) is 0 Å². The molecule has 18 heavy (non-hydrogen) atoms. The van der Waals surface area contributed by atoms with Crippen molar-refractivity contribution in [2.24, 2.45) is 0 Å². The van der Waals surface area contributed by atoms with E-state index in [1.165, 1.54) is 19.3 Å². The smallest absolute Gasteiger partial charge is 0.126 e. The molecule has 0 bridgehead atoms. The quantitative estimate of drug-likeness (QED) is 0.706. The van der Waals surface area contributed by atoms with Crippen LogP contribution in [0.3, 0.4) is 0 Å². The zero-order chi connectivity index (χ0) is 12.6. The van der Waals surface area contributed by atoms with Crippen molar-refractivity contribution in [1.82, 2.24) is 5.32 Å². The van der Waals surface area contributed by atoms with Gasteiger partial charge in [-0.3, -0.25) is 0 Å². The molecule has 2 nitrogen and oxygen atoms in total. The normalized spacial score (nSPS) is 15.2. The van der Waals surface area contributed by atoms with Crippen molar-refractivity contribution >= 4 is 6.08 Å². The number of para-hydroxylation sites is 1. The van der Waals surface area contributed by atoms with E-state index < -0.39 is 0 Å². The number of rotatable bonds is 8. The van der Waals surface area contributed by atoms with Crippen LogP contribution in [0.15, 0.2) is 30.3 Å². The third kappa shape index (κ3) is 4.53. The predicted molar refractivity (Wildman–Crippen MR) is 76.9 cm³/mol. The Morgan fingerprint density at radius 2 is 2.11 bits per heavy atom.